The lowest BCUT2D eigenvalue weighted by atomic mass is 10.1. The van der Waals surface area contributed by atoms with Gasteiger partial charge in [0.15, 0.2) is 0 Å². The molecule has 2 rings (SSSR count). The maximum atomic E-state index is 11.6. The van der Waals surface area contributed by atoms with Crippen LogP contribution in [0.2, 0.25) is 0 Å². The van der Waals surface area contributed by atoms with Gasteiger partial charge in [0.2, 0.25) is 0 Å². The zero-order valence-electron chi connectivity index (χ0n) is 11.4. The number of amides is 1. The number of carbonyl (C=O) groups is 1. The van der Waals surface area contributed by atoms with Gasteiger partial charge < -0.3 is 15.1 Å². The summed E-state index contributed by atoms with van der Waals surface area (Å²) in [4.78, 5) is 11.6. The second kappa shape index (κ2) is 5.61. The SMILES string of the molecule is CNC(=O)c1ccc(C)c(NCc2ccc(C)o2)c1. The standard InChI is InChI=1S/C15H18N2O2/c1-10-4-6-12(15(18)16-3)8-14(10)17-9-13-7-5-11(2)19-13/h4-8,17H,9H2,1-3H3,(H,16,18). The molecule has 0 fully saturated rings. The molecule has 0 bridgehead atoms. The maximum Gasteiger partial charge on any atom is 0.251 e. The predicted molar refractivity (Wildman–Crippen MR) is 75.3 cm³/mol. The zero-order valence-corrected chi connectivity index (χ0v) is 11.4. The average Bonchev–Trinajstić information content (AvgIpc) is 2.82. The third-order valence-corrected chi connectivity index (χ3v) is 2.98. The van der Waals surface area contributed by atoms with E-state index in [2.05, 4.69) is 10.6 Å². The molecule has 0 radical (unpaired) electrons. The van der Waals surface area contributed by atoms with E-state index in [4.69, 9.17) is 4.42 Å². The van der Waals surface area contributed by atoms with E-state index in [0.717, 1.165) is 22.8 Å². The number of furan rings is 1. The minimum absolute atomic E-state index is 0.0862. The fourth-order valence-electron chi connectivity index (χ4n) is 1.86. The Hall–Kier alpha value is -2.23. The summed E-state index contributed by atoms with van der Waals surface area (Å²) in [6.45, 7) is 4.52. The van der Waals surface area contributed by atoms with Gasteiger partial charge in [-0.2, -0.15) is 0 Å². The van der Waals surface area contributed by atoms with Crippen molar-refractivity contribution in [1.29, 1.82) is 0 Å². The lowest BCUT2D eigenvalue weighted by Gasteiger charge is -2.10. The highest BCUT2D eigenvalue weighted by atomic mass is 16.3. The fourth-order valence-corrected chi connectivity index (χ4v) is 1.86. The van der Waals surface area contributed by atoms with Crippen LogP contribution in [0.5, 0.6) is 0 Å². The Morgan fingerprint density at radius 3 is 2.63 bits per heavy atom. The summed E-state index contributed by atoms with van der Waals surface area (Å²) < 4.78 is 5.50. The van der Waals surface area contributed by atoms with Crippen molar-refractivity contribution in [2.24, 2.45) is 0 Å². The van der Waals surface area contributed by atoms with Crippen LogP contribution in [-0.4, -0.2) is 13.0 Å². The Kier molecular flexibility index (Phi) is 3.90. The molecule has 0 atom stereocenters. The molecule has 0 saturated heterocycles. The first-order chi connectivity index (χ1) is 9.10. The largest absolute Gasteiger partial charge is 0.465 e. The number of rotatable bonds is 4. The quantitative estimate of drug-likeness (QED) is 0.886. The fraction of sp³-hybridized carbons (Fsp3) is 0.267. The molecule has 1 heterocycles. The molecule has 0 unspecified atom stereocenters. The molecule has 1 aromatic heterocycles. The highest BCUT2D eigenvalue weighted by molar-refractivity contribution is 5.95. The Bertz CT molecular complexity index is 588. The van der Waals surface area contributed by atoms with Crippen LogP contribution in [0.1, 0.15) is 27.4 Å². The van der Waals surface area contributed by atoms with Crippen molar-refractivity contribution in [1.82, 2.24) is 5.32 Å². The number of carbonyl (C=O) groups excluding carboxylic acids is 1. The average molecular weight is 258 g/mol. The van der Waals surface area contributed by atoms with Gasteiger partial charge in [-0.1, -0.05) is 6.07 Å². The molecule has 19 heavy (non-hydrogen) atoms. The molecule has 4 nitrogen and oxygen atoms in total. The molecule has 0 spiro atoms. The topological polar surface area (TPSA) is 54.3 Å². The zero-order chi connectivity index (χ0) is 13.8. The number of anilines is 1. The molecule has 1 amide bonds. The lowest BCUT2D eigenvalue weighted by Crippen LogP contribution is -2.18. The van der Waals surface area contributed by atoms with Crippen molar-refractivity contribution < 1.29 is 9.21 Å². The first-order valence-corrected chi connectivity index (χ1v) is 6.22. The van der Waals surface area contributed by atoms with Crippen molar-refractivity contribution in [3.63, 3.8) is 0 Å². The molecule has 0 aliphatic heterocycles. The Morgan fingerprint density at radius 2 is 2.00 bits per heavy atom. The van der Waals surface area contributed by atoms with Crippen molar-refractivity contribution in [2.45, 2.75) is 20.4 Å². The molecule has 4 heteroatoms. The maximum absolute atomic E-state index is 11.6. The van der Waals surface area contributed by atoms with Crippen LogP contribution in [-0.2, 0) is 6.54 Å². The van der Waals surface area contributed by atoms with Gasteiger partial charge in [-0.05, 0) is 43.7 Å². The van der Waals surface area contributed by atoms with Crippen LogP contribution in [0.4, 0.5) is 5.69 Å². The van der Waals surface area contributed by atoms with E-state index >= 15 is 0 Å². The van der Waals surface area contributed by atoms with E-state index in [-0.39, 0.29) is 5.91 Å². The number of hydrogen-bond acceptors (Lipinski definition) is 3. The van der Waals surface area contributed by atoms with E-state index in [1.54, 1.807) is 7.05 Å². The smallest absolute Gasteiger partial charge is 0.251 e. The first-order valence-electron chi connectivity index (χ1n) is 6.22. The number of hydrogen-bond donors (Lipinski definition) is 2. The van der Waals surface area contributed by atoms with Gasteiger partial charge in [0.05, 0.1) is 6.54 Å². The third-order valence-electron chi connectivity index (χ3n) is 2.98. The highest BCUT2D eigenvalue weighted by Gasteiger charge is 2.07. The normalized spacial score (nSPS) is 10.3. The molecule has 2 N–H and O–H groups in total. The minimum Gasteiger partial charge on any atom is -0.465 e. The molecule has 100 valence electrons. The Morgan fingerprint density at radius 1 is 1.21 bits per heavy atom. The Labute approximate surface area is 112 Å². The van der Waals surface area contributed by atoms with Crippen molar-refractivity contribution >= 4 is 11.6 Å². The summed E-state index contributed by atoms with van der Waals surface area (Å²) in [5.74, 6) is 1.69. The molecular weight excluding hydrogens is 240 g/mol. The lowest BCUT2D eigenvalue weighted by molar-refractivity contribution is 0.0963. The van der Waals surface area contributed by atoms with Gasteiger partial charge in [-0.3, -0.25) is 4.79 Å². The van der Waals surface area contributed by atoms with Crippen LogP contribution in [0.15, 0.2) is 34.7 Å². The monoisotopic (exact) mass is 258 g/mol. The summed E-state index contributed by atoms with van der Waals surface area (Å²) in [5.41, 5.74) is 2.68. The van der Waals surface area contributed by atoms with Gasteiger partial charge >= 0.3 is 0 Å². The number of aryl methyl sites for hydroxylation is 2. The number of benzene rings is 1. The summed E-state index contributed by atoms with van der Waals surface area (Å²) in [6.07, 6.45) is 0. The van der Waals surface area contributed by atoms with Gasteiger partial charge in [-0.15, -0.1) is 0 Å². The van der Waals surface area contributed by atoms with E-state index in [1.165, 1.54) is 0 Å². The van der Waals surface area contributed by atoms with Crippen LogP contribution in [0, 0.1) is 13.8 Å². The predicted octanol–water partition coefficient (Wildman–Crippen LogP) is 2.87. The van der Waals surface area contributed by atoms with E-state index in [1.807, 2.05) is 44.2 Å². The van der Waals surface area contributed by atoms with E-state index in [9.17, 15) is 4.79 Å². The molecule has 0 aliphatic carbocycles. The summed E-state index contributed by atoms with van der Waals surface area (Å²) in [7, 11) is 1.63. The number of nitrogens with one attached hydrogen (secondary N) is 2. The molecule has 0 saturated carbocycles. The van der Waals surface area contributed by atoms with Crippen LogP contribution >= 0.6 is 0 Å². The van der Waals surface area contributed by atoms with Crippen LogP contribution in [0.25, 0.3) is 0 Å². The second-order valence-corrected chi connectivity index (χ2v) is 4.47. The molecule has 1 aromatic carbocycles. The first kappa shape index (κ1) is 13.2. The van der Waals surface area contributed by atoms with Crippen molar-refractivity contribution in [2.75, 3.05) is 12.4 Å². The summed E-state index contributed by atoms with van der Waals surface area (Å²) in [5, 5.41) is 5.91. The Balaban J connectivity index is 2.12. The van der Waals surface area contributed by atoms with Gasteiger partial charge in [-0.25, -0.2) is 0 Å². The summed E-state index contributed by atoms with van der Waals surface area (Å²) >= 11 is 0. The molecule has 0 aliphatic rings. The van der Waals surface area contributed by atoms with E-state index in [0.29, 0.717) is 12.1 Å². The van der Waals surface area contributed by atoms with Crippen LogP contribution in [0.3, 0.4) is 0 Å². The van der Waals surface area contributed by atoms with Gasteiger partial charge in [0, 0.05) is 18.3 Å². The second-order valence-electron chi connectivity index (χ2n) is 4.47. The summed E-state index contributed by atoms with van der Waals surface area (Å²) in [6, 6.07) is 9.48. The van der Waals surface area contributed by atoms with Crippen LogP contribution < -0.4 is 10.6 Å². The van der Waals surface area contributed by atoms with Gasteiger partial charge in [0.1, 0.15) is 11.5 Å². The molecular formula is C15H18N2O2. The minimum atomic E-state index is -0.0862. The molecule has 2 aromatic rings. The highest BCUT2D eigenvalue weighted by Crippen LogP contribution is 2.18. The van der Waals surface area contributed by atoms with Gasteiger partial charge in [0.25, 0.3) is 5.91 Å². The van der Waals surface area contributed by atoms with Crippen molar-refractivity contribution in [3.05, 3.63) is 53.0 Å². The third kappa shape index (κ3) is 3.16. The van der Waals surface area contributed by atoms with E-state index < -0.39 is 0 Å². The van der Waals surface area contributed by atoms with Crippen molar-refractivity contribution in [3.8, 4) is 0 Å².